The van der Waals surface area contributed by atoms with Gasteiger partial charge < -0.3 is 5.32 Å². The van der Waals surface area contributed by atoms with E-state index in [9.17, 15) is 17.6 Å². The van der Waals surface area contributed by atoms with E-state index in [0.717, 1.165) is 27.4 Å². The highest BCUT2D eigenvalue weighted by Crippen LogP contribution is 2.21. The van der Waals surface area contributed by atoms with Gasteiger partial charge in [-0.05, 0) is 36.4 Å². The molecule has 0 spiro atoms. The molecule has 0 saturated carbocycles. The van der Waals surface area contributed by atoms with Crippen molar-refractivity contribution in [1.82, 2.24) is 15.0 Å². The van der Waals surface area contributed by atoms with Crippen LogP contribution in [0.3, 0.4) is 0 Å². The lowest BCUT2D eigenvalue weighted by molar-refractivity contribution is -0.121. The van der Waals surface area contributed by atoms with Crippen molar-refractivity contribution in [3.05, 3.63) is 59.4 Å². The Bertz CT molecular complexity index is 984. The SMILES string of the molecule is O=C(CCNS(=O)(=O)c1ccc(F)cc1)NCc1nc2ccccc2s1. The van der Waals surface area contributed by atoms with E-state index in [4.69, 9.17) is 0 Å². The number of benzene rings is 2. The van der Waals surface area contributed by atoms with Crippen molar-refractivity contribution in [3.8, 4) is 0 Å². The van der Waals surface area contributed by atoms with E-state index in [-0.39, 0.29) is 23.8 Å². The number of nitrogens with one attached hydrogen (secondary N) is 2. The predicted molar refractivity (Wildman–Crippen MR) is 97.7 cm³/mol. The Labute approximate surface area is 154 Å². The van der Waals surface area contributed by atoms with Crippen molar-refractivity contribution in [2.45, 2.75) is 17.9 Å². The number of fused-ring (bicyclic) bond motifs is 1. The van der Waals surface area contributed by atoms with Crippen molar-refractivity contribution in [1.29, 1.82) is 0 Å². The molecule has 136 valence electrons. The Kier molecular flexibility index (Phi) is 5.60. The van der Waals surface area contributed by atoms with E-state index < -0.39 is 15.8 Å². The molecular formula is C17H16FN3O3S2. The molecule has 9 heteroatoms. The fourth-order valence-corrected chi connectivity index (χ4v) is 4.19. The average molecular weight is 393 g/mol. The molecule has 1 heterocycles. The molecule has 0 aliphatic rings. The molecule has 26 heavy (non-hydrogen) atoms. The predicted octanol–water partition coefficient (Wildman–Crippen LogP) is 2.42. The van der Waals surface area contributed by atoms with E-state index in [0.29, 0.717) is 6.54 Å². The van der Waals surface area contributed by atoms with E-state index in [1.165, 1.54) is 23.5 Å². The molecule has 0 fully saturated rings. The number of aromatic nitrogens is 1. The first kappa shape index (κ1) is 18.4. The molecule has 0 bridgehead atoms. The lowest BCUT2D eigenvalue weighted by atomic mass is 10.3. The normalized spacial score (nSPS) is 11.6. The van der Waals surface area contributed by atoms with E-state index in [1.54, 1.807) is 0 Å². The van der Waals surface area contributed by atoms with Gasteiger partial charge in [0.2, 0.25) is 15.9 Å². The first-order valence-corrected chi connectivity index (χ1v) is 10.1. The minimum absolute atomic E-state index is 0.00861. The second kappa shape index (κ2) is 7.90. The lowest BCUT2D eigenvalue weighted by Crippen LogP contribution is -2.30. The van der Waals surface area contributed by atoms with E-state index in [2.05, 4.69) is 15.0 Å². The van der Waals surface area contributed by atoms with Gasteiger partial charge in [-0.1, -0.05) is 12.1 Å². The first-order valence-electron chi connectivity index (χ1n) is 7.80. The van der Waals surface area contributed by atoms with Crippen LogP contribution in [-0.4, -0.2) is 25.9 Å². The molecule has 0 aliphatic heterocycles. The lowest BCUT2D eigenvalue weighted by Gasteiger charge is -2.07. The summed E-state index contributed by atoms with van der Waals surface area (Å²) in [6, 6.07) is 12.2. The van der Waals surface area contributed by atoms with Gasteiger partial charge in [0.1, 0.15) is 10.8 Å². The third-order valence-electron chi connectivity index (χ3n) is 3.54. The maximum absolute atomic E-state index is 12.9. The van der Waals surface area contributed by atoms with Crippen molar-refractivity contribution in [3.63, 3.8) is 0 Å². The van der Waals surface area contributed by atoms with Gasteiger partial charge in [0, 0.05) is 13.0 Å². The zero-order valence-electron chi connectivity index (χ0n) is 13.6. The summed E-state index contributed by atoms with van der Waals surface area (Å²) >= 11 is 1.50. The summed E-state index contributed by atoms with van der Waals surface area (Å²) in [6.07, 6.45) is -0.00861. The smallest absolute Gasteiger partial charge is 0.240 e. The Balaban J connectivity index is 1.47. The Morgan fingerprint density at radius 3 is 2.58 bits per heavy atom. The summed E-state index contributed by atoms with van der Waals surface area (Å²) in [5.41, 5.74) is 0.883. The fourth-order valence-electron chi connectivity index (χ4n) is 2.25. The zero-order valence-corrected chi connectivity index (χ0v) is 15.2. The molecule has 2 N–H and O–H groups in total. The molecule has 1 amide bonds. The highest BCUT2D eigenvalue weighted by atomic mass is 32.2. The number of rotatable bonds is 7. The van der Waals surface area contributed by atoms with Crippen LogP contribution >= 0.6 is 11.3 Å². The Hall–Kier alpha value is -2.36. The van der Waals surface area contributed by atoms with Gasteiger partial charge in [-0.25, -0.2) is 22.5 Å². The number of nitrogens with zero attached hydrogens (tertiary/aromatic N) is 1. The molecule has 1 aromatic heterocycles. The second-order valence-electron chi connectivity index (χ2n) is 5.45. The summed E-state index contributed by atoms with van der Waals surface area (Å²) in [5, 5.41) is 3.50. The third kappa shape index (κ3) is 4.63. The summed E-state index contributed by atoms with van der Waals surface area (Å²) in [6.45, 7) is 0.244. The Morgan fingerprint density at radius 2 is 1.85 bits per heavy atom. The van der Waals surface area contributed by atoms with Gasteiger partial charge in [0.25, 0.3) is 0 Å². The van der Waals surface area contributed by atoms with Crippen LogP contribution in [0.5, 0.6) is 0 Å². The third-order valence-corrected chi connectivity index (χ3v) is 6.06. The highest BCUT2D eigenvalue weighted by Gasteiger charge is 2.14. The van der Waals surface area contributed by atoms with Gasteiger partial charge in [0.05, 0.1) is 21.7 Å². The summed E-state index contributed by atoms with van der Waals surface area (Å²) in [4.78, 5) is 16.2. The maximum Gasteiger partial charge on any atom is 0.240 e. The van der Waals surface area contributed by atoms with Gasteiger partial charge >= 0.3 is 0 Å². The van der Waals surface area contributed by atoms with Crippen molar-refractivity contribution >= 4 is 37.5 Å². The van der Waals surface area contributed by atoms with Crippen LogP contribution in [0, 0.1) is 5.82 Å². The molecule has 0 saturated heterocycles. The number of hydrogen-bond acceptors (Lipinski definition) is 5. The number of halogens is 1. The number of carbonyl (C=O) groups excluding carboxylic acids is 1. The molecule has 6 nitrogen and oxygen atoms in total. The van der Waals surface area contributed by atoms with Gasteiger partial charge in [-0.3, -0.25) is 4.79 Å². The number of para-hydroxylation sites is 1. The average Bonchev–Trinajstić information content (AvgIpc) is 3.03. The van der Waals surface area contributed by atoms with Gasteiger partial charge in [-0.15, -0.1) is 11.3 Å². The number of carbonyl (C=O) groups is 1. The first-order chi connectivity index (χ1) is 12.4. The van der Waals surface area contributed by atoms with Crippen LogP contribution in [0.2, 0.25) is 0 Å². The standard InChI is InChI=1S/C17H16FN3O3S2/c18-12-5-7-13(8-6-12)26(23,24)20-10-9-16(22)19-11-17-21-14-3-1-2-4-15(14)25-17/h1-8,20H,9-11H2,(H,19,22). The van der Waals surface area contributed by atoms with Crippen LogP contribution in [0.1, 0.15) is 11.4 Å². The molecular weight excluding hydrogens is 377 g/mol. The van der Waals surface area contributed by atoms with Gasteiger partial charge in [0.15, 0.2) is 0 Å². The van der Waals surface area contributed by atoms with Crippen LogP contribution in [0.15, 0.2) is 53.4 Å². The molecule has 0 atom stereocenters. The minimum atomic E-state index is -3.76. The molecule has 3 rings (SSSR count). The largest absolute Gasteiger partial charge is 0.350 e. The van der Waals surface area contributed by atoms with Crippen molar-refractivity contribution < 1.29 is 17.6 Å². The number of thiazole rings is 1. The minimum Gasteiger partial charge on any atom is -0.350 e. The van der Waals surface area contributed by atoms with E-state index >= 15 is 0 Å². The van der Waals surface area contributed by atoms with Crippen LogP contribution in [0.25, 0.3) is 10.2 Å². The molecule has 0 radical (unpaired) electrons. The Morgan fingerprint density at radius 1 is 1.12 bits per heavy atom. The zero-order chi connectivity index (χ0) is 18.6. The number of sulfonamides is 1. The van der Waals surface area contributed by atoms with Crippen molar-refractivity contribution in [2.24, 2.45) is 0 Å². The quantitative estimate of drug-likeness (QED) is 0.645. The molecule has 2 aromatic carbocycles. The molecule has 0 unspecified atom stereocenters. The van der Waals surface area contributed by atoms with Crippen LogP contribution < -0.4 is 10.0 Å². The fraction of sp³-hybridized carbons (Fsp3) is 0.176. The topological polar surface area (TPSA) is 88.2 Å². The second-order valence-corrected chi connectivity index (χ2v) is 8.34. The summed E-state index contributed by atoms with van der Waals surface area (Å²) in [7, 11) is -3.76. The van der Waals surface area contributed by atoms with E-state index in [1.807, 2.05) is 24.3 Å². The monoisotopic (exact) mass is 393 g/mol. The van der Waals surface area contributed by atoms with Crippen LogP contribution in [0.4, 0.5) is 4.39 Å². The molecule has 0 aliphatic carbocycles. The summed E-state index contributed by atoms with van der Waals surface area (Å²) < 4.78 is 40.3. The number of amides is 1. The maximum atomic E-state index is 12.9. The van der Waals surface area contributed by atoms with Gasteiger partial charge in [-0.2, -0.15) is 0 Å². The molecule has 3 aromatic rings. The van der Waals surface area contributed by atoms with Crippen molar-refractivity contribution in [2.75, 3.05) is 6.54 Å². The van der Waals surface area contributed by atoms with Crippen LogP contribution in [-0.2, 0) is 21.4 Å². The summed E-state index contributed by atoms with van der Waals surface area (Å²) in [5.74, 6) is -0.802. The number of hydrogen-bond donors (Lipinski definition) is 2. The highest BCUT2D eigenvalue weighted by molar-refractivity contribution is 7.89.